The van der Waals surface area contributed by atoms with Crippen LogP contribution in [0.15, 0.2) is 15.6 Å². The zero-order valence-electron chi connectivity index (χ0n) is 10.9. The van der Waals surface area contributed by atoms with E-state index in [1.165, 1.54) is 25.6 Å². The zero-order chi connectivity index (χ0) is 13.1. The van der Waals surface area contributed by atoms with Gasteiger partial charge in [0.25, 0.3) is 5.56 Å². The Labute approximate surface area is 116 Å². The molecule has 100 valence electrons. The summed E-state index contributed by atoms with van der Waals surface area (Å²) in [5, 5.41) is 3.44. The average molecular weight is 314 g/mol. The van der Waals surface area contributed by atoms with Gasteiger partial charge in [-0.25, -0.2) is 4.98 Å². The second-order valence-electron chi connectivity index (χ2n) is 5.34. The van der Waals surface area contributed by atoms with Gasteiger partial charge in [-0.1, -0.05) is 26.7 Å². The van der Waals surface area contributed by atoms with E-state index >= 15 is 0 Å². The Morgan fingerprint density at radius 3 is 2.89 bits per heavy atom. The molecule has 0 amide bonds. The topological polar surface area (TPSA) is 57.8 Å². The first kappa shape index (κ1) is 13.6. The van der Waals surface area contributed by atoms with Gasteiger partial charge in [0, 0.05) is 6.04 Å². The Morgan fingerprint density at radius 1 is 1.44 bits per heavy atom. The molecule has 1 aliphatic carbocycles. The highest BCUT2D eigenvalue weighted by Crippen LogP contribution is 2.32. The molecule has 1 fully saturated rings. The van der Waals surface area contributed by atoms with E-state index in [0.717, 1.165) is 6.42 Å². The Balaban J connectivity index is 2.16. The quantitative estimate of drug-likeness (QED) is 0.901. The molecule has 4 nitrogen and oxygen atoms in total. The van der Waals surface area contributed by atoms with Gasteiger partial charge in [0.05, 0.1) is 6.33 Å². The maximum absolute atomic E-state index is 11.5. The van der Waals surface area contributed by atoms with Crippen molar-refractivity contribution < 1.29 is 0 Å². The third-order valence-electron chi connectivity index (χ3n) is 3.79. The second-order valence-corrected chi connectivity index (χ2v) is 6.13. The fourth-order valence-corrected chi connectivity index (χ4v) is 3.13. The number of hydrogen-bond donors (Lipinski definition) is 2. The molecule has 2 atom stereocenters. The lowest BCUT2D eigenvalue weighted by Gasteiger charge is -2.35. The molecular formula is C13H20BrN3O. The number of halogens is 1. The van der Waals surface area contributed by atoms with Crippen LogP contribution < -0.4 is 10.9 Å². The minimum atomic E-state index is -0.135. The molecule has 0 aromatic carbocycles. The van der Waals surface area contributed by atoms with E-state index in [0.29, 0.717) is 28.2 Å². The summed E-state index contributed by atoms with van der Waals surface area (Å²) in [6, 6.07) is 0.421. The SMILES string of the molecule is CC(C)C1CCCCC1Nc1nc[nH]c(=O)c1Br. The number of H-pyrrole nitrogens is 1. The largest absolute Gasteiger partial charge is 0.366 e. The fraction of sp³-hybridized carbons (Fsp3) is 0.692. The summed E-state index contributed by atoms with van der Waals surface area (Å²) < 4.78 is 0.498. The minimum Gasteiger partial charge on any atom is -0.366 e. The van der Waals surface area contributed by atoms with Crippen molar-refractivity contribution in [2.24, 2.45) is 11.8 Å². The lowest BCUT2D eigenvalue weighted by molar-refractivity contribution is 0.253. The number of nitrogens with one attached hydrogen (secondary N) is 2. The summed E-state index contributed by atoms with van der Waals surface area (Å²) in [7, 11) is 0. The second kappa shape index (κ2) is 5.87. The van der Waals surface area contributed by atoms with Gasteiger partial charge >= 0.3 is 0 Å². The van der Waals surface area contributed by atoms with Crippen molar-refractivity contribution in [3.8, 4) is 0 Å². The van der Waals surface area contributed by atoms with Gasteiger partial charge in [0.1, 0.15) is 10.3 Å². The molecule has 18 heavy (non-hydrogen) atoms. The van der Waals surface area contributed by atoms with Crippen molar-refractivity contribution in [3.63, 3.8) is 0 Å². The first-order valence-corrected chi connectivity index (χ1v) is 7.38. The third-order valence-corrected chi connectivity index (χ3v) is 4.53. The maximum Gasteiger partial charge on any atom is 0.267 e. The fourth-order valence-electron chi connectivity index (χ4n) is 2.80. The number of rotatable bonds is 3. The van der Waals surface area contributed by atoms with Crippen LogP contribution >= 0.6 is 15.9 Å². The molecule has 0 spiro atoms. The van der Waals surface area contributed by atoms with Crippen LogP contribution in [-0.2, 0) is 0 Å². The number of anilines is 1. The van der Waals surface area contributed by atoms with Crippen molar-refractivity contribution >= 4 is 21.7 Å². The average Bonchev–Trinajstić information content (AvgIpc) is 2.35. The van der Waals surface area contributed by atoms with Crippen molar-refractivity contribution in [3.05, 3.63) is 21.2 Å². The van der Waals surface area contributed by atoms with Crippen LogP contribution in [0, 0.1) is 11.8 Å². The van der Waals surface area contributed by atoms with E-state index in [-0.39, 0.29) is 5.56 Å². The van der Waals surface area contributed by atoms with Gasteiger partial charge in [-0.05, 0) is 40.6 Å². The predicted molar refractivity (Wildman–Crippen MR) is 76.8 cm³/mol. The van der Waals surface area contributed by atoms with E-state index in [1.54, 1.807) is 0 Å². The van der Waals surface area contributed by atoms with Crippen LogP contribution in [0.3, 0.4) is 0 Å². The van der Waals surface area contributed by atoms with Gasteiger partial charge in [-0.2, -0.15) is 0 Å². The molecule has 2 N–H and O–H groups in total. The molecule has 0 saturated heterocycles. The number of hydrogen-bond acceptors (Lipinski definition) is 3. The van der Waals surface area contributed by atoms with Gasteiger partial charge in [-0.3, -0.25) is 4.79 Å². The molecule has 1 aromatic rings. The van der Waals surface area contributed by atoms with Crippen LogP contribution in [0.5, 0.6) is 0 Å². The van der Waals surface area contributed by atoms with Crippen LogP contribution in [0.4, 0.5) is 5.82 Å². The van der Waals surface area contributed by atoms with Crippen LogP contribution in [0.2, 0.25) is 0 Å². The zero-order valence-corrected chi connectivity index (χ0v) is 12.5. The molecule has 1 aliphatic rings. The van der Waals surface area contributed by atoms with Gasteiger partial charge in [0.15, 0.2) is 0 Å². The molecule has 2 rings (SSSR count). The molecule has 0 bridgehead atoms. The van der Waals surface area contributed by atoms with E-state index < -0.39 is 0 Å². The van der Waals surface area contributed by atoms with Gasteiger partial charge in [-0.15, -0.1) is 0 Å². The highest BCUT2D eigenvalue weighted by atomic mass is 79.9. The lowest BCUT2D eigenvalue weighted by atomic mass is 9.78. The Bertz CT molecular complexity index is 458. The Kier molecular flexibility index (Phi) is 4.43. The smallest absolute Gasteiger partial charge is 0.267 e. The number of aromatic amines is 1. The number of aromatic nitrogens is 2. The molecule has 2 unspecified atom stereocenters. The van der Waals surface area contributed by atoms with Crippen molar-refractivity contribution in [1.82, 2.24) is 9.97 Å². The van der Waals surface area contributed by atoms with Crippen molar-refractivity contribution in [2.75, 3.05) is 5.32 Å². The van der Waals surface area contributed by atoms with Gasteiger partial charge < -0.3 is 10.3 Å². The van der Waals surface area contributed by atoms with Crippen LogP contribution in [0.1, 0.15) is 39.5 Å². The summed E-state index contributed by atoms with van der Waals surface area (Å²) in [6.45, 7) is 4.54. The predicted octanol–water partition coefficient (Wildman–Crippen LogP) is 3.16. The summed E-state index contributed by atoms with van der Waals surface area (Å²) in [5.74, 6) is 1.98. The first-order chi connectivity index (χ1) is 8.59. The molecule has 0 radical (unpaired) electrons. The normalized spacial score (nSPS) is 24.2. The molecule has 1 heterocycles. The van der Waals surface area contributed by atoms with Crippen molar-refractivity contribution in [1.29, 1.82) is 0 Å². The molecule has 1 saturated carbocycles. The Morgan fingerprint density at radius 2 is 2.17 bits per heavy atom. The summed E-state index contributed by atoms with van der Waals surface area (Å²) in [6.07, 6.45) is 6.43. The highest BCUT2D eigenvalue weighted by molar-refractivity contribution is 9.10. The van der Waals surface area contributed by atoms with Crippen LogP contribution in [-0.4, -0.2) is 16.0 Å². The summed E-state index contributed by atoms with van der Waals surface area (Å²) in [4.78, 5) is 18.3. The van der Waals surface area contributed by atoms with E-state index in [4.69, 9.17) is 0 Å². The summed E-state index contributed by atoms with van der Waals surface area (Å²) in [5.41, 5.74) is -0.135. The lowest BCUT2D eigenvalue weighted by Crippen LogP contribution is -2.36. The number of nitrogens with zero attached hydrogens (tertiary/aromatic N) is 1. The third kappa shape index (κ3) is 2.94. The molecule has 1 aromatic heterocycles. The van der Waals surface area contributed by atoms with E-state index in [2.05, 4.69) is 45.1 Å². The van der Waals surface area contributed by atoms with Crippen LogP contribution in [0.25, 0.3) is 0 Å². The first-order valence-electron chi connectivity index (χ1n) is 6.59. The monoisotopic (exact) mass is 313 g/mol. The molecule has 0 aliphatic heterocycles. The van der Waals surface area contributed by atoms with Crippen molar-refractivity contribution in [2.45, 2.75) is 45.6 Å². The molecule has 5 heteroatoms. The maximum atomic E-state index is 11.5. The summed E-state index contributed by atoms with van der Waals surface area (Å²) >= 11 is 3.30. The van der Waals surface area contributed by atoms with Gasteiger partial charge in [0.2, 0.25) is 0 Å². The standard InChI is InChI=1S/C13H20BrN3O/c1-8(2)9-5-3-4-6-10(9)17-12-11(14)13(18)16-7-15-12/h7-10H,3-6H2,1-2H3,(H2,15,16,17,18). The highest BCUT2D eigenvalue weighted by Gasteiger charge is 2.28. The minimum absolute atomic E-state index is 0.135. The van der Waals surface area contributed by atoms with E-state index in [9.17, 15) is 4.79 Å². The van der Waals surface area contributed by atoms with E-state index in [1.807, 2.05) is 0 Å². The Hall–Kier alpha value is -0.840. The molecular weight excluding hydrogens is 294 g/mol.